The maximum atomic E-state index is 5.50. The summed E-state index contributed by atoms with van der Waals surface area (Å²) in [6.45, 7) is 2.23. The number of ether oxygens (including phenoxy) is 2. The molecule has 0 amide bonds. The van der Waals surface area contributed by atoms with Crippen LogP contribution < -0.4 is 5.32 Å². The third-order valence-corrected chi connectivity index (χ3v) is 2.82. The fourth-order valence-electron chi connectivity index (χ4n) is 1.65. The molecule has 0 radical (unpaired) electrons. The van der Waals surface area contributed by atoms with E-state index in [1.165, 1.54) is 19.3 Å². The molecule has 1 aliphatic carbocycles. The summed E-state index contributed by atoms with van der Waals surface area (Å²) < 4.78 is 10.4. The second kappa shape index (κ2) is 6.35. The Hall–Kier alpha value is -0.120. The van der Waals surface area contributed by atoms with Gasteiger partial charge in [-0.1, -0.05) is 6.42 Å². The van der Waals surface area contributed by atoms with Crippen LogP contribution in [0.5, 0.6) is 0 Å². The fourth-order valence-corrected chi connectivity index (χ4v) is 1.65. The zero-order valence-corrected chi connectivity index (χ0v) is 8.71. The minimum atomic E-state index is 0.547. The Morgan fingerprint density at radius 2 is 2.15 bits per heavy atom. The molecule has 1 unspecified atom stereocenters. The van der Waals surface area contributed by atoms with Crippen molar-refractivity contribution in [2.24, 2.45) is 5.92 Å². The van der Waals surface area contributed by atoms with Gasteiger partial charge in [-0.05, 0) is 25.8 Å². The molecule has 1 atom stereocenters. The molecule has 1 rings (SSSR count). The van der Waals surface area contributed by atoms with Crippen molar-refractivity contribution >= 4 is 0 Å². The minimum absolute atomic E-state index is 0.547. The molecule has 0 bridgehead atoms. The van der Waals surface area contributed by atoms with Crippen molar-refractivity contribution in [3.05, 3.63) is 0 Å². The molecule has 0 spiro atoms. The molecule has 0 saturated heterocycles. The molecule has 1 aliphatic rings. The summed E-state index contributed by atoms with van der Waals surface area (Å²) in [5.74, 6) is 0.840. The number of methoxy groups -OCH3 is 1. The van der Waals surface area contributed by atoms with Crippen LogP contribution in [0.3, 0.4) is 0 Å². The predicted molar refractivity (Wildman–Crippen MR) is 52.9 cm³/mol. The van der Waals surface area contributed by atoms with Crippen LogP contribution in [0, 0.1) is 5.92 Å². The van der Waals surface area contributed by atoms with E-state index in [9.17, 15) is 0 Å². The second-order valence-corrected chi connectivity index (χ2v) is 3.65. The van der Waals surface area contributed by atoms with Crippen molar-refractivity contribution in [2.75, 3.05) is 34.0 Å². The van der Waals surface area contributed by atoms with E-state index in [4.69, 9.17) is 9.47 Å². The van der Waals surface area contributed by atoms with Gasteiger partial charge in [0.15, 0.2) is 0 Å². The molecule has 1 N–H and O–H groups in total. The van der Waals surface area contributed by atoms with Crippen LogP contribution in [0.15, 0.2) is 0 Å². The van der Waals surface area contributed by atoms with Crippen molar-refractivity contribution in [3.8, 4) is 0 Å². The van der Waals surface area contributed by atoms with E-state index in [2.05, 4.69) is 5.32 Å². The van der Waals surface area contributed by atoms with Crippen molar-refractivity contribution < 1.29 is 9.47 Å². The maximum absolute atomic E-state index is 5.50. The van der Waals surface area contributed by atoms with Gasteiger partial charge in [-0.2, -0.15) is 0 Å². The first-order chi connectivity index (χ1) is 6.38. The number of hydrogen-bond acceptors (Lipinski definition) is 3. The van der Waals surface area contributed by atoms with Gasteiger partial charge in [0, 0.05) is 13.2 Å². The second-order valence-electron chi connectivity index (χ2n) is 3.65. The Balaban J connectivity index is 2.02. The monoisotopic (exact) mass is 187 g/mol. The molecule has 3 heteroatoms. The minimum Gasteiger partial charge on any atom is -0.382 e. The average molecular weight is 187 g/mol. The Kier molecular flexibility index (Phi) is 5.35. The summed E-state index contributed by atoms with van der Waals surface area (Å²) in [7, 11) is 3.72. The molecule has 1 saturated carbocycles. The lowest BCUT2D eigenvalue weighted by Crippen LogP contribution is -2.41. The zero-order valence-electron chi connectivity index (χ0n) is 8.71. The van der Waals surface area contributed by atoms with Crippen LogP contribution in [0.1, 0.15) is 19.3 Å². The van der Waals surface area contributed by atoms with Gasteiger partial charge in [0.2, 0.25) is 0 Å². The first-order valence-electron chi connectivity index (χ1n) is 5.12. The molecule has 13 heavy (non-hydrogen) atoms. The van der Waals surface area contributed by atoms with Gasteiger partial charge >= 0.3 is 0 Å². The average Bonchev–Trinajstić information content (AvgIpc) is 2.07. The normalized spacial score (nSPS) is 19.8. The summed E-state index contributed by atoms with van der Waals surface area (Å²) >= 11 is 0. The zero-order chi connectivity index (χ0) is 9.52. The predicted octanol–water partition coefficient (Wildman–Crippen LogP) is 1.04. The van der Waals surface area contributed by atoms with E-state index >= 15 is 0 Å². The van der Waals surface area contributed by atoms with Crippen molar-refractivity contribution in [1.29, 1.82) is 0 Å². The first kappa shape index (κ1) is 11.0. The van der Waals surface area contributed by atoms with E-state index < -0.39 is 0 Å². The summed E-state index contributed by atoms with van der Waals surface area (Å²) in [6.07, 6.45) is 4.11. The molecule has 0 aromatic rings. The van der Waals surface area contributed by atoms with Crippen molar-refractivity contribution in [2.45, 2.75) is 25.3 Å². The summed E-state index contributed by atoms with van der Waals surface area (Å²) in [5.41, 5.74) is 0. The van der Waals surface area contributed by atoms with E-state index in [0.29, 0.717) is 19.3 Å². The van der Waals surface area contributed by atoms with E-state index in [1.54, 1.807) is 7.11 Å². The number of nitrogens with one attached hydrogen (secondary N) is 1. The van der Waals surface area contributed by atoms with Crippen LogP contribution >= 0.6 is 0 Å². The Labute approximate surface area is 80.8 Å². The summed E-state index contributed by atoms with van der Waals surface area (Å²) in [4.78, 5) is 0. The van der Waals surface area contributed by atoms with E-state index in [0.717, 1.165) is 12.5 Å². The summed E-state index contributed by atoms with van der Waals surface area (Å²) in [5, 5.41) is 3.32. The van der Waals surface area contributed by atoms with Crippen LogP contribution in [-0.4, -0.2) is 40.0 Å². The standard InChI is InChI=1S/C10H21NO2/c1-11-10(9-4-3-5-9)8-13-7-6-12-2/h9-11H,3-8H2,1-2H3. The highest BCUT2D eigenvalue weighted by Gasteiger charge is 2.25. The third kappa shape index (κ3) is 3.63. The molecule has 1 fully saturated rings. The van der Waals surface area contributed by atoms with Gasteiger partial charge in [0.05, 0.1) is 19.8 Å². The molecule has 0 aromatic heterocycles. The van der Waals surface area contributed by atoms with E-state index in [-0.39, 0.29) is 0 Å². The molecule has 0 aromatic carbocycles. The summed E-state index contributed by atoms with van der Waals surface area (Å²) in [6, 6.07) is 0.547. The van der Waals surface area contributed by atoms with Gasteiger partial charge in [0.25, 0.3) is 0 Å². The van der Waals surface area contributed by atoms with Gasteiger partial charge in [-0.15, -0.1) is 0 Å². The molecular weight excluding hydrogens is 166 g/mol. The first-order valence-corrected chi connectivity index (χ1v) is 5.12. The Morgan fingerprint density at radius 1 is 1.38 bits per heavy atom. The lowest BCUT2D eigenvalue weighted by Gasteiger charge is -2.33. The number of hydrogen-bond donors (Lipinski definition) is 1. The van der Waals surface area contributed by atoms with E-state index in [1.807, 2.05) is 7.05 Å². The van der Waals surface area contributed by atoms with Gasteiger partial charge in [0.1, 0.15) is 0 Å². The lowest BCUT2D eigenvalue weighted by atomic mass is 9.80. The number of likely N-dealkylation sites (N-methyl/N-ethyl adjacent to an activating group) is 1. The topological polar surface area (TPSA) is 30.5 Å². The molecule has 78 valence electrons. The highest BCUT2D eigenvalue weighted by atomic mass is 16.5. The highest BCUT2D eigenvalue weighted by molar-refractivity contribution is 4.81. The van der Waals surface area contributed by atoms with Crippen LogP contribution in [0.4, 0.5) is 0 Å². The SMILES string of the molecule is CNC(COCCOC)C1CCC1. The number of rotatable bonds is 7. The van der Waals surface area contributed by atoms with Crippen LogP contribution in [-0.2, 0) is 9.47 Å². The van der Waals surface area contributed by atoms with Crippen LogP contribution in [0.2, 0.25) is 0 Å². The molecule has 0 heterocycles. The van der Waals surface area contributed by atoms with Gasteiger partial charge in [-0.25, -0.2) is 0 Å². The third-order valence-electron chi connectivity index (χ3n) is 2.82. The van der Waals surface area contributed by atoms with Gasteiger partial charge in [-0.3, -0.25) is 0 Å². The van der Waals surface area contributed by atoms with Gasteiger partial charge < -0.3 is 14.8 Å². The molecule has 0 aliphatic heterocycles. The molecule has 3 nitrogen and oxygen atoms in total. The maximum Gasteiger partial charge on any atom is 0.0701 e. The highest BCUT2D eigenvalue weighted by Crippen LogP contribution is 2.29. The van der Waals surface area contributed by atoms with Crippen molar-refractivity contribution in [3.63, 3.8) is 0 Å². The quantitative estimate of drug-likeness (QED) is 0.604. The smallest absolute Gasteiger partial charge is 0.0701 e. The van der Waals surface area contributed by atoms with Crippen LogP contribution in [0.25, 0.3) is 0 Å². The molecular formula is C10H21NO2. The Bertz CT molecular complexity index is 126. The van der Waals surface area contributed by atoms with Crippen molar-refractivity contribution in [1.82, 2.24) is 5.32 Å². The fraction of sp³-hybridized carbons (Fsp3) is 1.00. The Morgan fingerprint density at radius 3 is 2.62 bits per heavy atom. The lowest BCUT2D eigenvalue weighted by molar-refractivity contribution is 0.0414. The largest absolute Gasteiger partial charge is 0.382 e.